The summed E-state index contributed by atoms with van der Waals surface area (Å²) in [5.74, 6) is -2.04. The van der Waals surface area contributed by atoms with E-state index in [0.717, 1.165) is 18.2 Å². The molecule has 2 aromatic carbocycles. The van der Waals surface area contributed by atoms with Gasteiger partial charge in [0.15, 0.2) is 0 Å². The zero-order valence-electron chi connectivity index (χ0n) is 9.58. The van der Waals surface area contributed by atoms with E-state index in [4.69, 9.17) is 17.3 Å². The molecule has 2 aromatic rings. The van der Waals surface area contributed by atoms with Crippen molar-refractivity contribution in [2.24, 2.45) is 0 Å². The maximum absolute atomic E-state index is 13.5. The summed E-state index contributed by atoms with van der Waals surface area (Å²) in [4.78, 5) is 11.8. The molecular formula is C13H9ClF2N2O. The first-order valence-corrected chi connectivity index (χ1v) is 5.66. The van der Waals surface area contributed by atoms with Gasteiger partial charge in [-0.1, -0.05) is 11.6 Å². The Morgan fingerprint density at radius 3 is 2.58 bits per heavy atom. The zero-order chi connectivity index (χ0) is 14.0. The number of hydrogen-bond acceptors (Lipinski definition) is 2. The van der Waals surface area contributed by atoms with Gasteiger partial charge in [-0.25, -0.2) is 8.78 Å². The molecule has 98 valence electrons. The summed E-state index contributed by atoms with van der Waals surface area (Å²) in [5.41, 5.74) is 5.51. The first-order chi connectivity index (χ1) is 8.95. The van der Waals surface area contributed by atoms with Crippen LogP contribution < -0.4 is 11.1 Å². The van der Waals surface area contributed by atoms with Gasteiger partial charge >= 0.3 is 0 Å². The van der Waals surface area contributed by atoms with E-state index in [0.29, 0.717) is 0 Å². The van der Waals surface area contributed by atoms with Crippen LogP contribution in [-0.2, 0) is 0 Å². The third-order valence-corrected chi connectivity index (χ3v) is 2.59. The molecular weight excluding hydrogens is 274 g/mol. The zero-order valence-corrected chi connectivity index (χ0v) is 10.3. The summed E-state index contributed by atoms with van der Waals surface area (Å²) in [6, 6.07) is 7.15. The number of carbonyl (C=O) groups excluding carboxylic acids is 1. The van der Waals surface area contributed by atoms with Crippen molar-refractivity contribution in [3.05, 3.63) is 58.6 Å². The van der Waals surface area contributed by atoms with Crippen LogP contribution in [0.2, 0.25) is 5.02 Å². The van der Waals surface area contributed by atoms with Gasteiger partial charge in [-0.05, 0) is 36.4 Å². The molecule has 0 bridgehead atoms. The predicted octanol–water partition coefficient (Wildman–Crippen LogP) is 3.45. The second-order valence-electron chi connectivity index (χ2n) is 3.85. The first-order valence-electron chi connectivity index (χ1n) is 5.28. The molecule has 6 heteroatoms. The Bertz CT molecular complexity index is 626. The molecule has 0 atom stereocenters. The van der Waals surface area contributed by atoms with Gasteiger partial charge in [-0.15, -0.1) is 0 Å². The van der Waals surface area contributed by atoms with E-state index in [2.05, 4.69) is 5.32 Å². The Balaban J connectivity index is 2.28. The van der Waals surface area contributed by atoms with Crippen LogP contribution in [0, 0.1) is 11.6 Å². The summed E-state index contributed by atoms with van der Waals surface area (Å²) in [7, 11) is 0. The number of nitrogens with two attached hydrogens (primary N) is 1. The first kappa shape index (κ1) is 13.3. The monoisotopic (exact) mass is 282 g/mol. The van der Waals surface area contributed by atoms with E-state index in [9.17, 15) is 13.6 Å². The molecule has 0 heterocycles. The van der Waals surface area contributed by atoms with Crippen LogP contribution in [0.25, 0.3) is 0 Å². The lowest BCUT2D eigenvalue weighted by molar-refractivity contribution is 0.102. The third kappa shape index (κ3) is 3.20. The highest BCUT2D eigenvalue weighted by Gasteiger charge is 2.13. The topological polar surface area (TPSA) is 55.1 Å². The lowest BCUT2D eigenvalue weighted by atomic mass is 10.2. The van der Waals surface area contributed by atoms with Gasteiger partial charge in [0.1, 0.15) is 11.6 Å². The number of hydrogen-bond donors (Lipinski definition) is 2. The van der Waals surface area contributed by atoms with Crippen molar-refractivity contribution in [2.75, 3.05) is 11.1 Å². The van der Waals surface area contributed by atoms with Crippen molar-refractivity contribution in [3.63, 3.8) is 0 Å². The Hall–Kier alpha value is -2.14. The number of amides is 1. The summed E-state index contributed by atoms with van der Waals surface area (Å²) in [6.07, 6.45) is 0. The van der Waals surface area contributed by atoms with Gasteiger partial charge in [-0.2, -0.15) is 0 Å². The second kappa shape index (κ2) is 5.24. The van der Waals surface area contributed by atoms with E-state index in [-0.39, 0.29) is 22.0 Å². The average molecular weight is 283 g/mol. The maximum atomic E-state index is 13.5. The highest BCUT2D eigenvalue weighted by atomic mass is 35.5. The maximum Gasteiger partial charge on any atom is 0.258 e. The van der Waals surface area contributed by atoms with Gasteiger partial charge in [0.2, 0.25) is 0 Å². The molecule has 3 N–H and O–H groups in total. The highest BCUT2D eigenvalue weighted by molar-refractivity contribution is 6.31. The molecule has 0 aliphatic heterocycles. The van der Waals surface area contributed by atoms with Gasteiger partial charge in [0, 0.05) is 16.4 Å². The summed E-state index contributed by atoms with van der Waals surface area (Å²) >= 11 is 5.69. The molecule has 0 aromatic heterocycles. The van der Waals surface area contributed by atoms with Crippen molar-refractivity contribution in [1.29, 1.82) is 0 Å². The van der Waals surface area contributed by atoms with Crippen LogP contribution >= 0.6 is 11.6 Å². The summed E-state index contributed by atoms with van der Waals surface area (Å²) in [5, 5.41) is 2.58. The minimum absolute atomic E-state index is 0.141. The molecule has 0 radical (unpaired) electrons. The molecule has 2 rings (SSSR count). The van der Waals surface area contributed by atoms with E-state index in [1.807, 2.05) is 0 Å². The minimum Gasteiger partial charge on any atom is -0.399 e. The van der Waals surface area contributed by atoms with E-state index >= 15 is 0 Å². The van der Waals surface area contributed by atoms with Crippen LogP contribution in [0.1, 0.15) is 10.4 Å². The smallest absolute Gasteiger partial charge is 0.258 e. The molecule has 0 saturated carbocycles. The van der Waals surface area contributed by atoms with Crippen LogP contribution in [-0.4, -0.2) is 5.91 Å². The number of nitrogen functional groups attached to an aromatic ring is 1. The Morgan fingerprint density at radius 2 is 1.89 bits per heavy atom. The normalized spacial score (nSPS) is 10.3. The fourth-order valence-corrected chi connectivity index (χ4v) is 1.73. The Kier molecular flexibility index (Phi) is 3.66. The summed E-state index contributed by atoms with van der Waals surface area (Å²) in [6.45, 7) is 0. The van der Waals surface area contributed by atoms with Crippen molar-refractivity contribution in [2.45, 2.75) is 0 Å². The number of anilines is 2. The lowest BCUT2D eigenvalue weighted by Gasteiger charge is -2.07. The number of halogens is 3. The quantitative estimate of drug-likeness (QED) is 0.829. The van der Waals surface area contributed by atoms with Crippen molar-refractivity contribution in [3.8, 4) is 0 Å². The molecule has 1 amide bonds. The Morgan fingerprint density at radius 1 is 1.16 bits per heavy atom. The van der Waals surface area contributed by atoms with E-state index in [1.165, 1.54) is 18.2 Å². The van der Waals surface area contributed by atoms with Crippen LogP contribution in [0.15, 0.2) is 36.4 Å². The summed E-state index contributed by atoms with van der Waals surface area (Å²) < 4.78 is 26.6. The van der Waals surface area contributed by atoms with E-state index < -0.39 is 17.5 Å². The second-order valence-corrected chi connectivity index (χ2v) is 4.29. The highest BCUT2D eigenvalue weighted by Crippen LogP contribution is 2.19. The number of benzene rings is 2. The van der Waals surface area contributed by atoms with Crippen molar-refractivity contribution >= 4 is 28.9 Å². The van der Waals surface area contributed by atoms with Gasteiger partial charge in [0.25, 0.3) is 5.91 Å². The largest absolute Gasteiger partial charge is 0.399 e. The molecule has 3 nitrogen and oxygen atoms in total. The third-order valence-electron chi connectivity index (χ3n) is 2.35. The number of nitrogens with one attached hydrogen (secondary N) is 1. The van der Waals surface area contributed by atoms with Crippen molar-refractivity contribution < 1.29 is 13.6 Å². The molecule has 19 heavy (non-hydrogen) atoms. The fourth-order valence-electron chi connectivity index (χ4n) is 1.55. The molecule has 0 spiro atoms. The van der Waals surface area contributed by atoms with Crippen LogP contribution in [0.5, 0.6) is 0 Å². The van der Waals surface area contributed by atoms with Crippen LogP contribution in [0.4, 0.5) is 20.2 Å². The van der Waals surface area contributed by atoms with E-state index in [1.54, 1.807) is 0 Å². The minimum atomic E-state index is -0.731. The van der Waals surface area contributed by atoms with Crippen molar-refractivity contribution in [1.82, 2.24) is 0 Å². The predicted molar refractivity (Wildman–Crippen MR) is 70.2 cm³/mol. The van der Waals surface area contributed by atoms with Gasteiger partial charge in [0.05, 0.1) is 5.56 Å². The van der Waals surface area contributed by atoms with Gasteiger partial charge in [-0.3, -0.25) is 4.79 Å². The Labute approximate surface area is 113 Å². The number of carbonyl (C=O) groups is 1. The molecule has 0 aliphatic rings. The molecule has 0 saturated heterocycles. The lowest BCUT2D eigenvalue weighted by Crippen LogP contribution is -2.14. The molecule has 0 unspecified atom stereocenters. The van der Waals surface area contributed by atoms with Crippen LogP contribution in [0.3, 0.4) is 0 Å². The SMILES string of the molecule is Nc1cc(F)cc(NC(=O)c2cc(Cl)ccc2F)c1. The fraction of sp³-hybridized carbons (Fsp3) is 0. The van der Waals surface area contributed by atoms with Gasteiger partial charge < -0.3 is 11.1 Å². The number of rotatable bonds is 2. The average Bonchev–Trinajstić information content (AvgIpc) is 2.30. The molecule has 0 aliphatic carbocycles. The molecule has 0 fully saturated rings. The standard InChI is InChI=1S/C13H9ClF2N2O/c14-7-1-2-12(16)11(3-7)13(19)18-10-5-8(15)4-9(17)6-10/h1-6H,17H2,(H,18,19).